The smallest absolute Gasteiger partial charge is 0.264 e. The molecule has 0 heterocycles. The lowest BCUT2D eigenvalue weighted by Crippen LogP contribution is -2.30. The normalized spacial score (nSPS) is 11.2. The molecule has 0 spiro atoms. The Hall–Kier alpha value is -2.70. The predicted molar refractivity (Wildman–Crippen MR) is 116 cm³/mol. The van der Waals surface area contributed by atoms with Gasteiger partial charge in [-0.1, -0.05) is 41.4 Å². The fourth-order valence-electron chi connectivity index (χ4n) is 2.93. The van der Waals surface area contributed by atoms with Crippen LogP contribution in [0.25, 0.3) is 0 Å². The summed E-state index contributed by atoms with van der Waals surface area (Å²) in [5.41, 5.74) is 2.21. The molecule has 5 nitrogen and oxygen atoms in total. The molecule has 3 aromatic rings. The number of rotatable bonds is 7. The van der Waals surface area contributed by atoms with E-state index in [4.69, 9.17) is 21.1 Å². The van der Waals surface area contributed by atoms with Crippen molar-refractivity contribution in [2.45, 2.75) is 18.4 Å². The summed E-state index contributed by atoms with van der Waals surface area (Å²) in [6, 6.07) is 18.9. The van der Waals surface area contributed by atoms with Crippen molar-refractivity contribution in [1.82, 2.24) is 0 Å². The summed E-state index contributed by atoms with van der Waals surface area (Å²) < 4.78 is 39.0. The van der Waals surface area contributed by atoms with Crippen molar-refractivity contribution < 1.29 is 17.9 Å². The molecule has 3 rings (SSSR count). The van der Waals surface area contributed by atoms with Crippen LogP contribution in [-0.4, -0.2) is 22.6 Å². The molecule has 3 aromatic carbocycles. The van der Waals surface area contributed by atoms with Crippen LogP contribution in [0, 0.1) is 6.92 Å². The maximum Gasteiger partial charge on any atom is 0.264 e. The third kappa shape index (κ3) is 4.66. The summed E-state index contributed by atoms with van der Waals surface area (Å²) >= 11 is 6.11. The number of hydrogen-bond donors (Lipinski definition) is 0. The second-order valence-electron chi connectivity index (χ2n) is 6.49. The molecular formula is C22H22ClNO4S. The van der Waals surface area contributed by atoms with Crippen LogP contribution >= 0.6 is 11.6 Å². The van der Waals surface area contributed by atoms with Gasteiger partial charge in [-0.2, -0.15) is 0 Å². The number of sulfonamides is 1. The molecule has 0 saturated heterocycles. The first-order chi connectivity index (χ1) is 13.8. The second kappa shape index (κ2) is 8.76. The van der Waals surface area contributed by atoms with Gasteiger partial charge in [0, 0.05) is 11.1 Å². The topological polar surface area (TPSA) is 55.8 Å². The average Bonchev–Trinajstić information content (AvgIpc) is 2.71. The molecule has 0 fully saturated rings. The summed E-state index contributed by atoms with van der Waals surface area (Å²) in [6.07, 6.45) is 0. The maximum atomic E-state index is 13.5. The highest BCUT2D eigenvalue weighted by molar-refractivity contribution is 7.92. The molecule has 0 aliphatic heterocycles. The van der Waals surface area contributed by atoms with Gasteiger partial charge in [-0.3, -0.25) is 4.31 Å². The minimum Gasteiger partial charge on any atom is -0.493 e. The molecule has 0 bridgehead atoms. The van der Waals surface area contributed by atoms with Crippen LogP contribution in [0.2, 0.25) is 5.02 Å². The van der Waals surface area contributed by atoms with Gasteiger partial charge in [0.15, 0.2) is 11.5 Å². The van der Waals surface area contributed by atoms with Gasteiger partial charge in [0.05, 0.1) is 31.3 Å². The van der Waals surface area contributed by atoms with Crippen molar-refractivity contribution in [2.75, 3.05) is 18.5 Å². The Bertz CT molecular complexity index is 1100. The molecule has 29 heavy (non-hydrogen) atoms. The lowest BCUT2D eigenvalue weighted by Gasteiger charge is -2.25. The van der Waals surface area contributed by atoms with E-state index in [0.29, 0.717) is 22.2 Å². The van der Waals surface area contributed by atoms with E-state index in [1.165, 1.54) is 18.5 Å². The van der Waals surface area contributed by atoms with Crippen molar-refractivity contribution in [3.8, 4) is 11.5 Å². The van der Waals surface area contributed by atoms with E-state index in [9.17, 15) is 8.42 Å². The Morgan fingerprint density at radius 3 is 2.21 bits per heavy atom. The van der Waals surface area contributed by atoms with Crippen LogP contribution in [0.3, 0.4) is 0 Å². The zero-order valence-corrected chi connectivity index (χ0v) is 18.0. The lowest BCUT2D eigenvalue weighted by atomic mass is 10.2. The van der Waals surface area contributed by atoms with Gasteiger partial charge in [-0.25, -0.2) is 8.42 Å². The zero-order valence-electron chi connectivity index (χ0n) is 16.4. The van der Waals surface area contributed by atoms with Crippen LogP contribution in [0.1, 0.15) is 11.1 Å². The van der Waals surface area contributed by atoms with Gasteiger partial charge in [-0.05, 0) is 48.9 Å². The Balaban J connectivity index is 2.12. The summed E-state index contributed by atoms with van der Waals surface area (Å²) in [5.74, 6) is 0.965. The summed E-state index contributed by atoms with van der Waals surface area (Å²) in [7, 11) is -0.789. The van der Waals surface area contributed by atoms with Crippen LogP contribution < -0.4 is 13.8 Å². The van der Waals surface area contributed by atoms with Gasteiger partial charge >= 0.3 is 0 Å². The van der Waals surface area contributed by atoms with Gasteiger partial charge in [0.2, 0.25) is 0 Å². The van der Waals surface area contributed by atoms with Crippen LogP contribution in [-0.2, 0) is 16.6 Å². The highest BCUT2D eigenvalue weighted by atomic mass is 35.5. The first-order valence-electron chi connectivity index (χ1n) is 8.91. The summed E-state index contributed by atoms with van der Waals surface area (Å²) in [6.45, 7) is 2.03. The minimum atomic E-state index is -3.83. The third-order valence-corrected chi connectivity index (χ3v) is 6.50. The quantitative estimate of drug-likeness (QED) is 0.524. The Kier molecular flexibility index (Phi) is 6.35. The second-order valence-corrected chi connectivity index (χ2v) is 8.79. The van der Waals surface area contributed by atoms with E-state index >= 15 is 0 Å². The molecule has 0 aromatic heterocycles. The predicted octanol–water partition coefficient (Wildman–Crippen LogP) is 5.06. The number of halogens is 1. The number of anilines is 1. The van der Waals surface area contributed by atoms with E-state index in [1.54, 1.807) is 60.7 Å². The van der Waals surface area contributed by atoms with Crippen LogP contribution in [0.4, 0.5) is 5.69 Å². The Morgan fingerprint density at radius 2 is 1.59 bits per heavy atom. The van der Waals surface area contributed by atoms with E-state index in [2.05, 4.69) is 0 Å². The number of nitrogens with zero attached hydrogens (tertiary/aromatic N) is 1. The molecule has 0 unspecified atom stereocenters. The molecule has 0 aliphatic rings. The molecule has 7 heteroatoms. The highest BCUT2D eigenvalue weighted by Crippen LogP contribution is 2.34. The van der Waals surface area contributed by atoms with Crippen molar-refractivity contribution in [2.24, 2.45) is 0 Å². The van der Waals surface area contributed by atoms with Crippen molar-refractivity contribution in [1.29, 1.82) is 0 Å². The van der Waals surface area contributed by atoms with E-state index in [1.807, 2.05) is 13.0 Å². The first kappa shape index (κ1) is 21.0. The molecule has 0 aliphatic carbocycles. The van der Waals surface area contributed by atoms with Crippen molar-refractivity contribution >= 4 is 27.3 Å². The monoisotopic (exact) mass is 431 g/mol. The Morgan fingerprint density at radius 1 is 0.897 bits per heavy atom. The Labute approximate surface area is 176 Å². The summed E-state index contributed by atoms with van der Waals surface area (Å²) in [4.78, 5) is 0.208. The van der Waals surface area contributed by atoms with Gasteiger partial charge < -0.3 is 9.47 Å². The summed E-state index contributed by atoms with van der Waals surface area (Å²) in [5, 5.41) is 0.544. The fourth-order valence-corrected chi connectivity index (χ4v) is 4.59. The van der Waals surface area contributed by atoms with Crippen molar-refractivity contribution in [3.05, 3.63) is 82.9 Å². The fraction of sp³-hybridized carbons (Fsp3) is 0.182. The van der Waals surface area contributed by atoms with Crippen molar-refractivity contribution in [3.63, 3.8) is 0 Å². The van der Waals surface area contributed by atoms with E-state index in [-0.39, 0.29) is 11.4 Å². The molecule has 0 radical (unpaired) electrons. The van der Waals surface area contributed by atoms with Gasteiger partial charge in [0.25, 0.3) is 10.0 Å². The van der Waals surface area contributed by atoms with E-state index < -0.39 is 10.0 Å². The van der Waals surface area contributed by atoms with Gasteiger partial charge in [0.1, 0.15) is 0 Å². The standard InChI is InChI=1S/C22H22ClNO4S/c1-16-7-10-20(11-8-16)29(25,26)24(15-17-5-4-6-18(23)13-17)19-9-12-21(27-2)22(14-19)28-3/h4-14H,15H2,1-3H3. The highest BCUT2D eigenvalue weighted by Gasteiger charge is 2.26. The maximum absolute atomic E-state index is 13.5. The number of aryl methyl sites for hydroxylation is 1. The number of methoxy groups -OCH3 is 2. The largest absolute Gasteiger partial charge is 0.493 e. The lowest BCUT2D eigenvalue weighted by molar-refractivity contribution is 0.355. The average molecular weight is 432 g/mol. The van der Waals surface area contributed by atoms with Crippen LogP contribution in [0.15, 0.2) is 71.6 Å². The minimum absolute atomic E-state index is 0.117. The molecule has 0 saturated carbocycles. The number of hydrogen-bond acceptors (Lipinski definition) is 4. The van der Waals surface area contributed by atoms with E-state index in [0.717, 1.165) is 11.1 Å². The van der Waals surface area contributed by atoms with Gasteiger partial charge in [-0.15, -0.1) is 0 Å². The molecule has 0 N–H and O–H groups in total. The molecule has 152 valence electrons. The van der Waals surface area contributed by atoms with Crippen LogP contribution in [0.5, 0.6) is 11.5 Å². The third-order valence-electron chi connectivity index (χ3n) is 4.48. The molecule has 0 atom stereocenters. The number of benzene rings is 3. The number of ether oxygens (including phenoxy) is 2. The molecule has 0 amide bonds. The SMILES string of the molecule is COc1ccc(N(Cc2cccc(Cl)c2)S(=O)(=O)c2ccc(C)cc2)cc1OC. The zero-order chi connectivity index (χ0) is 21.0. The first-order valence-corrected chi connectivity index (χ1v) is 10.7. The molecular weight excluding hydrogens is 410 g/mol.